The smallest absolute Gasteiger partial charge is 0.256 e. The van der Waals surface area contributed by atoms with Crippen LogP contribution in [0.25, 0.3) is 10.9 Å². The maximum absolute atomic E-state index is 13.1. The highest BCUT2D eigenvalue weighted by Crippen LogP contribution is 2.25. The van der Waals surface area contributed by atoms with Crippen molar-refractivity contribution >= 4 is 22.5 Å². The second-order valence-electron chi connectivity index (χ2n) is 6.84. The summed E-state index contributed by atoms with van der Waals surface area (Å²) in [5, 5.41) is 0.927. The molecule has 4 rings (SSSR count). The van der Waals surface area contributed by atoms with Crippen molar-refractivity contribution in [2.24, 2.45) is 0 Å². The van der Waals surface area contributed by atoms with Crippen LogP contribution in [0, 0.1) is 0 Å². The van der Waals surface area contributed by atoms with E-state index in [2.05, 4.69) is 4.98 Å². The van der Waals surface area contributed by atoms with Gasteiger partial charge in [-0.15, -0.1) is 0 Å². The average Bonchev–Trinajstić information content (AvgIpc) is 3.27. The molecule has 0 spiro atoms. The maximum Gasteiger partial charge on any atom is 0.256 e. The molecule has 1 N–H and O–H groups in total. The zero-order chi connectivity index (χ0) is 19.5. The van der Waals surface area contributed by atoms with E-state index in [0.717, 1.165) is 17.3 Å². The number of anilines is 1. The Morgan fingerprint density at radius 1 is 1.21 bits per heavy atom. The highest BCUT2D eigenvalue weighted by Gasteiger charge is 2.29. The predicted molar refractivity (Wildman–Crippen MR) is 108 cm³/mol. The molecule has 0 aliphatic carbocycles. The fourth-order valence-corrected chi connectivity index (χ4v) is 3.49. The first-order valence-corrected chi connectivity index (χ1v) is 9.33. The van der Waals surface area contributed by atoms with E-state index in [1.165, 1.54) is 0 Å². The molecule has 1 amide bonds. The number of rotatable bonds is 5. The summed E-state index contributed by atoms with van der Waals surface area (Å²) in [4.78, 5) is 30.3. The summed E-state index contributed by atoms with van der Waals surface area (Å²) < 4.78 is 10.8. The van der Waals surface area contributed by atoms with Gasteiger partial charge in [0.2, 0.25) is 0 Å². The Balaban J connectivity index is 1.71. The third kappa shape index (κ3) is 3.64. The van der Waals surface area contributed by atoms with Crippen LogP contribution in [0.3, 0.4) is 0 Å². The molecular formula is C22H22N2O4. The van der Waals surface area contributed by atoms with E-state index in [9.17, 15) is 9.59 Å². The number of amides is 1. The zero-order valence-electron chi connectivity index (χ0n) is 15.7. The van der Waals surface area contributed by atoms with Crippen LogP contribution in [-0.2, 0) is 16.1 Å². The van der Waals surface area contributed by atoms with Gasteiger partial charge in [-0.3, -0.25) is 9.59 Å². The number of methoxy groups -OCH3 is 1. The first-order valence-electron chi connectivity index (χ1n) is 9.33. The van der Waals surface area contributed by atoms with Crippen molar-refractivity contribution in [3.8, 4) is 5.75 Å². The van der Waals surface area contributed by atoms with Crippen LogP contribution in [0.4, 0.5) is 5.69 Å². The van der Waals surface area contributed by atoms with Crippen LogP contribution in [-0.4, -0.2) is 30.7 Å². The van der Waals surface area contributed by atoms with Gasteiger partial charge < -0.3 is 19.4 Å². The summed E-state index contributed by atoms with van der Waals surface area (Å²) in [6, 6.07) is 16.7. The molecular weight excluding hydrogens is 356 g/mol. The Kier molecular flexibility index (Phi) is 5.12. The molecule has 2 aromatic carbocycles. The SMILES string of the molecule is COc1ccc(N(Cc2cc3ccccc3[nH]c2=O)C(=O)[C@@H]2CCCO2)cc1. The first kappa shape index (κ1) is 18.3. The second kappa shape index (κ2) is 7.86. The van der Waals surface area contributed by atoms with Gasteiger partial charge in [-0.05, 0) is 54.6 Å². The number of carbonyl (C=O) groups excluding carboxylic acids is 1. The monoisotopic (exact) mass is 378 g/mol. The molecule has 1 aliphatic rings. The fourth-order valence-electron chi connectivity index (χ4n) is 3.49. The number of H-pyrrole nitrogens is 1. The summed E-state index contributed by atoms with van der Waals surface area (Å²) in [7, 11) is 1.60. The summed E-state index contributed by atoms with van der Waals surface area (Å²) in [6.45, 7) is 0.759. The highest BCUT2D eigenvalue weighted by atomic mass is 16.5. The summed E-state index contributed by atoms with van der Waals surface area (Å²) in [6.07, 6.45) is 1.09. The molecule has 0 bridgehead atoms. The van der Waals surface area contributed by atoms with Gasteiger partial charge in [0.15, 0.2) is 0 Å². The Hall–Kier alpha value is -3.12. The Labute approximate surface area is 162 Å². The number of nitrogens with one attached hydrogen (secondary N) is 1. The van der Waals surface area contributed by atoms with E-state index < -0.39 is 6.10 Å². The highest BCUT2D eigenvalue weighted by molar-refractivity contribution is 5.96. The van der Waals surface area contributed by atoms with Gasteiger partial charge in [0.25, 0.3) is 11.5 Å². The van der Waals surface area contributed by atoms with E-state index in [-0.39, 0.29) is 18.0 Å². The number of benzene rings is 2. The molecule has 6 heteroatoms. The number of carbonyl (C=O) groups is 1. The number of hydrogen-bond donors (Lipinski definition) is 1. The van der Waals surface area contributed by atoms with Gasteiger partial charge in [0.05, 0.1) is 13.7 Å². The molecule has 0 saturated carbocycles. The van der Waals surface area contributed by atoms with Crippen LogP contribution in [0.5, 0.6) is 5.75 Å². The van der Waals surface area contributed by atoms with E-state index in [1.807, 2.05) is 42.5 Å². The molecule has 6 nitrogen and oxygen atoms in total. The van der Waals surface area contributed by atoms with Crippen LogP contribution >= 0.6 is 0 Å². The van der Waals surface area contributed by atoms with Gasteiger partial charge in [-0.1, -0.05) is 18.2 Å². The number of para-hydroxylation sites is 1. The number of nitrogens with zero attached hydrogens (tertiary/aromatic N) is 1. The van der Waals surface area contributed by atoms with Crippen molar-refractivity contribution in [2.75, 3.05) is 18.6 Å². The van der Waals surface area contributed by atoms with Crippen LogP contribution in [0.15, 0.2) is 59.4 Å². The van der Waals surface area contributed by atoms with E-state index in [4.69, 9.17) is 9.47 Å². The quantitative estimate of drug-likeness (QED) is 0.740. The van der Waals surface area contributed by atoms with Crippen LogP contribution in [0.2, 0.25) is 0 Å². The molecule has 28 heavy (non-hydrogen) atoms. The molecule has 1 aromatic heterocycles. The number of hydrogen-bond acceptors (Lipinski definition) is 4. The fraction of sp³-hybridized carbons (Fsp3) is 0.273. The average molecular weight is 378 g/mol. The summed E-state index contributed by atoms with van der Waals surface area (Å²) >= 11 is 0. The lowest BCUT2D eigenvalue weighted by atomic mass is 10.1. The van der Waals surface area contributed by atoms with E-state index in [1.54, 1.807) is 24.1 Å². The third-order valence-corrected chi connectivity index (χ3v) is 5.01. The lowest BCUT2D eigenvalue weighted by Crippen LogP contribution is -2.39. The second-order valence-corrected chi connectivity index (χ2v) is 6.84. The molecule has 0 radical (unpaired) electrons. The molecule has 1 aliphatic heterocycles. The number of aromatic amines is 1. The Morgan fingerprint density at radius 3 is 2.71 bits per heavy atom. The van der Waals surface area contributed by atoms with Gasteiger partial charge in [-0.2, -0.15) is 0 Å². The molecule has 1 saturated heterocycles. The third-order valence-electron chi connectivity index (χ3n) is 5.01. The molecule has 0 unspecified atom stereocenters. The minimum atomic E-state index is -0.471. The summed E-state index contributed by atoms with van der Waals surface area (Å²) in [5.41, 5.74) is 1.81. The zero-order valence-corrected chi connectivity index (χ0v) is 15.7. The van der Waals surface area contributed by atoms with E-state index >= 15 is 0 Å². The molecule has 144 valence electrons. The largest absolute Gasteiger partial charge is 0.497 e. The number of pyridine rings is 1. The Bertz CT molecular complexity index is 1040. The van der Waals surface area contributed by atoms with Gasteiger partial charge in [0, 0.05) is 23.4 Å². The van der Waals surface area contributed by atoms with Gasteiger partial charge in [0.1, 0.15) is 11.9 Å². The standard InChI is InChI=1S/C22H22N2O4/c1-27-18-10-8-17(9-11-18)24(22(26)20-7-4-12-28-20)14-16-13-15-5-2-3-6-19(15)23-21(16)25/h2-3,5-6,8-11,13,20H,4,7,12,14H2,1H3,(H,23,25)/t20-/m0/s1. The summed E-state index contributed by atoms with van der Waals surface area (Å²) in [5.74, 6) is 0.576. The minimum Gasteiger partial charge on any atom is -0.497 e. The molecule has 3 aromatic rings. The van der Waals surface area contributed by atoms with Crippen molar-refractivity contribution < 1.29 is 14.3 Å². The number of fused-ring (bicyclic) bond motifs is 1. The topological polar surface area (TPSA) is 71.6 Å². The van der Waals surface area contributed by atoms with Gasteiger partial charge in [-0.25, -0.2) is 0 Å². The number of ether oxygens (including phenoxy) is 2. The first-order chi connectivity index (χ1) is 13.7. The van der Waals surface area contributed by atoms with Crippen LogP contribution in [0.1, 0.15) is 18.4 Å². The minimum absolute atomic E-state index is 0.129. The van der Waals surface area contributed by atoms with E-state index in [0.29, 0.717) is 30.0 Å². The Morgan fingerprint density at radius 2 is 2.00 bits per heavy atom. The molecule has 2 heterocycles. The number of aromatic nitrogens is 1. The lowest BCUT2D eigenvalue weighted by molar-refractivity contribution is -0.127. The van der Waals surface area contributed by atoms with Crippen molar-refractivity contribution in [1.82, 2.24) is 4.98 Å². The molecule has 1 atom stereocenters. The van der Waals surface area contributed by atoms with Crippen molar-refractivity contribution in [2.45, 2.75) is 25.5 Å². The van der Waals surface area contributed by atoms with Crippen molar-refractivity contribution in [3.05, 3.63) is 70.5 Å². The van der Waals surface area contributed by atoms with Gasteiger partial charge >= 0.3 is 0 Å². The van der Waals surface area contributed by atoms with Crippen LogP contribution < -0.4 is 15.2 Å². The normalized spacial score (nSPS) is 16.2. The lowest BCUT2D eigenvalue weighted by Gasteiger charge is -2.25. The van der Waals surface area contributed by atoms with Crippen molar-refractivity contribution in [3.63, 3.8) is 0 Å². The van der Waals surface area contributed by atoms with Crippen molar-refractivity contribution in [1.29, 1.82) is 0 Å². The maximum atomic E-state index is 13.1. The molecule has 1 fully saturated rings. The predicted octanol–water partition coefficient (Wildman–Crippen LogP) is 3.25.